The lowest BCUT2D eigenvalue weighted by Gasteiger charge is -2.09. The second kappa shape index (κ2) is 9.49. The molecule has 2 aromatic heterocycles. The summed E-state index contributed by atoms with van der Waals surface area (Å²) in [6.45, 7) is 3.80. The van der Waals surface area contributed by atoms with Crippen LogP contribution in [0, 0.1) is 13.8 Å². The quantitative estimate of drug-likeness (QED) is 0.438. The highest BCUT2D eigenvalue weighted by atomic mass is 35.5. The lowest BCUT2D eigenvalue weighted by molar-refractivity contribution is -0.118. The molecule has 0 bridgehead atoms. The zero-order valence-corrected chi connectivity index (χ0v) is 18.2. The zero-order valence-electron chi connectivity index (χ0n) is 17.4. The number of halogens is 1. The van der Waals surface area contributed by atoms with Crippen LogP contribution in [-0.4, -0.2) is 32.3 Å². The largest absolute Gasteiger partial charge is 0.484 e. The van der Waals surface area contributed by atoms with Crippen molar-refractivity contribution in [1.82, 2.24) is 19.7 Å². The molecule has 2 aromatic carbocycles. The highest BCUT2D eigenvalue weighted by Gasteiger charge is 2.08. The Labute approximate surface area is 189 Å². The van der Waals surface area contributed by atoms with Crippen molar-refractivity contribution in [3.05, 3.63) is 83.4 Å². The summed E-state index contributed by atoms with van der Waals surface area (Å²) in [4.78, 5) is 16.3. The van der Waals surface area contributed by atoms with Crippen LogP contribution in [0.1, 0.15) is 11.4 Å². The third-order valence-corrected chi connectivity index (χ3v) is 4.92. The molecule has 4 aromatic rings. The molecule has 1 amide bonds. The molecule has 0 radical (unpaired) electrons. The molecular formula is C23H20ClN5O3. The highest BCUT2D eigenvalue weighted by Crippen LogP contribution is 2.22. The molecule has 8 nitrogen and oxygen atoms in total. The zero-order chi connectivity index (χ0) is 22.5. The van der Waals surface area contributed by atoms with Crippen LogP contribution in [0.25, 0.3) is 5.82 Å². The fourth-order valence-corrected chi connectivity index (χ4v) is 2.96. The Morgan fingerprint density at radius 1 is 0.969 bits per heavy atom. The van der Waals surface area contributed by atoms with E-state index in [1.807, 2.05) is 24.5 Å². The first kappa shape index (κ1) is 21.3. The van der Waals surface area contributed by atoms with Crippen molar-refractivity contribution in [2.24, 2.45) is 0 Å². The molecule has 0 atom stereocenters. The van der Waals surface area contributed by atoms with Gasteiger partial charge >= 0.3 is 0 Å². The van der Waals surface area contributed by atoms with Gasteiger partial charge in [-0.05, 0) is 68.4 Å². The van der Waals surface area contributed by atoms with Crippen LogP contribution in [0.5, 0.6) is 17.4 Å². The van der Waals surface area contributed by atoms with Crippen molar-refractivity contribution < 1.29 is 14.3 Å². The van der Waals surface area contributed by atoms with Gasteiger partial charge in [0.1, 0.15) is 17.8 Å². The van der Waals surface area contributed by atoms with E-state index in [4.69, 9.17) is 21.1 Å². The summed E-state index contributed by atoms with van der Waals surface area (Å²) < 4.78 is 13.0. The number of aryl methyl sites for hydroxylation is 1. The number of benzene rings is 2. The third-order valence-electron chi connectivity index (χ3n) is 4.67. The molecule has 4 rings (SSSR count). The van der Waals surface area contributed by atoms with Gasteiger partial charge in [-0.2, -0.15) is 0 Å². The van der Waals surface area contributed by atoms with Gasteiger partial charge in [0.15, 0.2) is 12.4 Å². The second-order valence-corrected chi connectivity index (χ2v) is 7.37. The van der Waals surface area contributed by atoms with Crippen LogP contribution in [0.3, 0.4) is 0 Å². The lowest BCUT2D eigenvalue weighted by Crippen LogP contribution is -2.20. The fraction of sp³-hybridized carbons (Fsp3) is 0.130. The number of aromatic nitrogens is 4. The number of rotatable bonds is 7. The molecule has 32 heavy (non-hydrogen) atoms. The molecule has 0 saturated heterocycles. The Balaban J connectivity index is 1.31. The first-order chi connectivity index (χ1) is 15.5. The van der Waals surface area contributed by atoms with E-state index in [9.17, 15) is 4.79 Å². The molecule has 1 N–H and O–H groups in total. The van der Waals surface area contributed by atoms with E-state index in [1.165, 1.54) is 0 Å². The first-order valence-electron chi connectivity index (χ1n) is 9.79. The van der Waals surface area contributed by atoms with Crippen molar-refractivity contribution in [2.45, 2.75) is 13.8 Å². The molecular weight excluding hydrogens is 430 g/mol. The Morgan fingerprint density at radius 2 is 1.69 bits per heavy atom. The van der Waals surface area contributed by atoms with Gasteiger partial charge in [0.05, 0.1) is 5.69 Å². The molecule has 9 heteroatoms. The SMILES string of the molecule is Cc1ncn(-c2ccc(Oc3ccc(NC(=O)COc4ccc(Cl)cc4)cc3)nn2)c1C. The highest BCUT2D eigenvalue weighted by molar-refractivity contribution is 6.30. The van der Waals surface area contributed by atoms with E-state index in [0.717, 1.165) is 11.4 Å². The molecule has 2 heterocycles. The van der Waals surface area contributed by atoms with Crippen LogP contribution < -0.4 is 14.8 Å². The molecule has 0 saturated carbocycles. The van der Waals surface area contributed by atoms with Crippen molar-refractivity contribution in [2.75, 3.05) is 11.9 Å². The summed E-state index contributed by atoms with van der Waals surface area (Å²) in [5.41, 5.74) is 2.56. The summed E-state index contributed by atoms with van der Waals surface area (Å²) in [5.74, 6) is 1.88. The lowest BCUT2D eigenvalue weighted by atomic mass is 10.3. The van der Waals surface area contributed by atoms with E-state index in [-0.39, 0.29) is 12.5 Å². The van der Waals surface area contributed by atoms with Gasteiger partial charge in [-0.1, -0.05) is 11.6 Å². The predicted molar refractivity (Wildman–Crippen MR) is 121 cm³/mol. The van der Waals surface area contributed by atoms with Crippen molar-refractivity contribution in [3.8, 4) is 23.2 Å². The topological polar surface area (TPSA) is 91.2 Å². The average Bonchev–Trinajstić information content (AvgIpc) is 3.13. The standard InChI is InChI=1S/C23H20ClN5O3/c1-15-16(2)29(14-25-15)21-11-12-23(28-27-21)32-20-9-5-18(6-10-20)26-22(30)13-31-19-7-3-17(24)4-8-19/h3-12,14H,13H2,1-2H3,(H,26,30). The van der Waals surface area contributed by atoms with Gasteiger partial charge in [-0.15, -0.1) is 10.2 Å². The molecule has 0 aliphatic heterocycles. The molecule has 0 unspecified atom stereocenters. The van der Waals surface area contributed by atoms with Gasteiger partial charge in [-0.3, -0.25) is 9.36 Å². The van der Waals surface area contributed by atoms with Crippen molar-refractivity contribution >= 4 is 23.2 Å². The number of imidazole rings is 1. The minimum Gasteiger partial charge on any atom is -0.484 e. The predicted octanol–water partition coefficient (Wildman–Crippen LogP) is 4.74. The molecule has 162 valence electrons. The Hall–Kier alpha value is -3.91. The number of anilines is 1. The van der Waals surface area contributed by atoms with Gasteiger partial charge in [-0.25, -0.2) is 4.98 Å². The van der Waals surface area contributed by atoms with Crippen LogP contribution in [-0.2, 0) is 4.79 Å². The maximum absolute atomic E-state index is 12.1. The summed E-state index contributed by atoms with van der Waals surface area (Å²) >= 11 is 5.83. The Morgan fingerprint density at radius 3 is 2.31 bits per heavy atom. The van der Waals surface area contributed by atoms with Crippen molar-refractivity contribution in [1.29, 1.82) is 0 Å². The Bertz CT molecular complexity index is 1210. The van der Waals surface area contributed by atoms with E-state index in [2.05, 4.69) is 20.5 Å². The number of ether oxygens (including phenoxy) is 2. The maximum atomic E-state index is 12.1. The minimum absolute atomic E-state index is 0.113. The minimum atomic E-state index is -0.278. The van der Waals surface area contributed by atoms with Gasteiger partial charge in [0.25, 0.3) is 5.91 Å². The van der Waals surface area contributed by atoms with Gasteiger partial charge in [0, 0.05) is 22.5 Å². The van der Waals surface area contributed by atoms with Crippen LogP contribution in [0.2, 0.25) is 5.02 Å². The summed E-state index contributed by atoms with van der Waals surface area (Å²) in [6.07, 6.45) is 1.71. The number of nitrogens with zero attached hydrogens (tertiary/aromatic N) is 4. The summed E-state index contributed by atoms with van der Waals surface area (Å²) in [6, 6.07) is 17.3. The van der Waals surface area contributed by atoms with Crippen molar-refractivity contribution in [3.63, 3.8) is 0 Å². The number of hydrogen-bond donors (Lipinski definition) is 1. The second-order valence-electron chi connectivity index (χ2n) is 6.93. The van der Waals surface area contributed by atoms with Crippen LogP contribution in [0.15, 0.2) is 67.0 Å². The molecule has 0 spiro atoms. The molecule has 0 aliphatic carbocycles. The summed E-state index contributed by atoms with van der Waals surface area (Å²) in [5, 5.41) is 11.7. The Kier molecular flexibility index (Phi) is 6.32. The van der Waals surface area contributed by atoms with Gasteiger partial charge in [0.2, 0.25) is 5.88 Å². The number of amides is 1. The smallest absolute Gasteiger partial charge is 0.262 e. The monoisotopic (exact) mass is 449 g/mol. The molecule has 0 aliphatic rings. The van der Waals surface area contributed by atoms with E-state index >= 15 is 0 Å². The number of nitrogens with one attached hydrogen (secondary N) is 1. The van der Waals surface area contributed by atoms with Crippen LogP contribution in [0.4, 0.5) is 5.69 Å². The van der Waals surface area contributed by atoms with E-state index in [1.54, 1.807) is 60.9 Å². The van der Waals surface area contributed by atoms with Crippen LogP contribution >= 0.6 is 11.6 Å². The fourth-order valence-electron chi connectivity index (χ4n) is 2.83. The average molecular weight is 450 g/mol. The van der Waals surface area contributed by atoms with E-state index < -0.39 is 0 Å². The normalized spacial score (nSPS) is 10.6. The van der Waals surface area contributed by atoms with E-state index in [0.29, 0.717) is 33.9 Å². The molecule has 0 fully saturated rings. The maximum Gasteiger partial charge on any atom is 0.262 e. The number of carbonyl (C=O) groups excluding carboxylic acids is 1. The van der Waals surface area contributed by atoms with Gasteiger partial charge < -0.3 is 14.8 Å². The summed E-state index contributed by atoms with van der Waals surface area (Å²) in [7, 11) is 0. The number of hydrogen-bond acceptors (Lipinski definition) is 6. The third kappa shape index (κ3) is 5.22. The first-order valence-corrected chi connectivity index (χ1v) is 10.2. The number of carbonyl (C=O) groups is 1.